The van der Waals surface area contributed by atoms with Gasteiger partial charge >= 0.3 is 0 Å². The second-order valence-electron chi connectivity index (χ2n) is 7.71. The highest BCUT2D eigenvalue weighted by Crippen LogP contribution is 2.27. The zero-order chi connectivity index (χ0) is 22.4. The smallest absolute Gasteiger partial charge is 0.221 e. The minimum absolute atomic E-state index is 0.0575. The first-order chi connectivity index (χ1) is 14.8. The molecular weight excluding hydrogens is 461 g/mol. The molecule has 4 N–H and O–H groups in total. The fourth-order valence-electron chi connectivity index (χ4n) is 3.61. The molecule has 31 heavy (non-hydrogen) atoms. The number of nitrogens with one attached hydrogen (secondary N) is 1. The Labute approximate surface area is 197 Å². The van der Waals surface area contributed by atoms with E-state index in [9.17, 15) is 9.90 Å². The van der Waals surface area contributed by atoms with Crippen LogP contribution in [-0.2, 0) is 11.2 Å². The van der Waals surface area contributed by atoms with Crippen LogP contribution in [-0.4, -0.2) is 54.3 Å². The van der Waals surface area contributed by atoms with Gasteiger partial charge in [0.1, 0.15) is 18.5 Å². The minimum atomic E-state index is -0.667. The summed E-state index contributed by atoms with van der Waals surface area (Å²) in [6.45, 7) is 2.33. The lowest BCUT2D eigenvalue weighted by Gasteiger charge is -2.34. The Morgan fingerprint density at radius 2 is 1.90 bits per heavy atom. The van der Waals surface area contributed by atoms with Gasteiger partial charge in [0, 0.05) is 41.9 Å². The van der Waals surface area contributed by atoms with E-state index in [1.165, 1.54) is 0 Å². The maximum Gasteiger partial charge on any atom is 0.221 e. The average Bonchev–Trinajstić information content (AvgIpc) is 2.72. The summed E-state index contributed by atoms with van der Waals surface area (Å²) in [7, 11) is 0. The van der Waals surface area contributed by atoms with E-state index in [4.69, 9.17) is 45.3 Å². The minimum Gasteiger partial charge on any atom is -0.490 e. The zero-order valence-corrected chi connectivity index (χ0v) is 19.3. The number of halogens is 3. The Kier molecular flexibility index (Phi) is 8.69. The van der Waals surface area contributed by atoms with Gasteiger partial charge in [-0.05, 0) is 43.2 Å². The molecule has 2 aromatic carbocycles. The molecule has 0 radical (unpaired) electrons. The summed E-state index contributed by atoms with van der Waals surface area (Å²) >= 11 is 18.1. The van der Waals surface area contributed by atoms with Gasteiger partial charge in [0.05, 0.1) is 16.5 Å². The summed E-state index contributed by atoms with van der Waals surface area (Å²) in [5.41, 5.74) is 6.89. The zero-order valence-electron chi connectivity index (χ0n) is 17.0. The molecule has 1 fully saturated rings. The number of hydrogen-bond acceptors (Lipinski definition) is 5. The second-order valence-corrected chi connectivity index (χ2v) is 8.96. The number of β-amino-alcohol motifs (C(OH)–C–C–N with tert-alkyl or cyclic N) is 1. The van der Waals surface area contributed by atoms with Crippen LogP contribution in [0.1, 0.15) is 18.4 Å². The monoisotopic (exact) mass is 485 g/mol. The fraction of sp³-hybridized carbons (Fsp3) is 0.409. The molecule has 6 nitrogen and oxygen atoms in total. The first-order valence-corrected chi connectivity index (χ1v) is 11.2. The number of piperidine rings is 1. The third kappa shape index (κ3) is 7.44. The average molecular weight is 487 g/mol. The Morgan fingerprint density at radius 3 is 2.58 bits per heavy atom. The van der Waals surface area contributed by atoms with Crippen molar-refractivity contribution in [2.75, 3.05) is 31.6 Å². The van der Waals surface area contributed by atoms with E-state index in [2.05, 4.69) is 10.2 Å². The highest BCUT2D eigenvalue weighted by atomic mass is 35.5. The van der Waals surface area contributed by atoms with Crippen molar-refractivity contribution in [2.24, 2.45) is 5.73 Å². The molecule has 0 spiro atoms. The van der Waals surface area contributed by atoms with E-state index in [1.807, 2.05) is 12.1 Å². The van der Waals surface area contributed by atoms with E-state index in [1.54, 1.807) is 24.3 Å². The van der Waals surface area contributed by atoms with Gasteiger partial charge < -0.3 is 25.8 Å². The quantitative estimate of drug-likeness (QED) is 0.499. The fourth-order valence-corrected chi connectivity index (χ4v) is 4.07. The van der Waals surface area contributed by atoms with Crippen molar-refractivity contribution in [1.29, 1.82) is 0 Å². The lowest BCUT2D eigenvalue weighted by atomic mass is 10.0. The molecule has 0 bridgehead atoms. The van der Waals surface area contributed by atoms with Gasteiger partial charge in [-0.1, -0.05) is 40.9 Å². The van der Waals surface area contributed by atoms with Gasteiger partial charge in [0.15, 0.2) is 0 Å². The number of nitrogens with zero attached hydrogens (tertiary/aromatic N) is 1. The number of carbonyl (C=O) groups excluding carboxylic acids is 1. The molecule has 0 aliphatic carbocycles. The Morgan fingerprint density at radius 1 is 1.16 bits per heavy atom. The van der Waals surface area contributed by atoms with Crippen molar-refractivity contribution in [1.82, 2.24) is 4.90 Å². The van der Waals surface area contributed by atoms with Gasteiger partial charge in [-0.15, -0.1) is 0 Å². The Bertz CT molecular complexity index is 905. The van der Waals surface area contributed by atoms with Crippen LogP contribution in [0, 0.1) is 0 Å². The molecule has 0 saturated carbocycles. The number of aliphatic hydroxyl groups excluding tert-OH is 1. The lowest BCUT2D eigenvalue weighted by molar-refractivity contribution is -0.117. The van der Waals surface area contributed by atoms with Gasteiger partial charge in [-0.3, -0.25) is 4.79 Å². The van der Waals surface area contributed by atoms with Crippen LogP contribution in [0.5, 0.6) is 5.75 Å². The van der Waals surface area contributed by atoms with Crippen LogP contribution in [0.3, 0.4) is 0 Å². The molecule has 0 aromatic heterocycles. The molecule has 1 aliphatic rings. The molecule has 1 aliphatic heterocycles. The van der Waals surface area contributed by atoms with Crippen LogP contribution in [0.4, 0.5) is 5.69 Å². The topological polar surface area (TPSA) is 87.8 Å². The number of anilines is 1. The summed E-state index contributed by atoms with van der Waals surface area (Å²) in [6.07, 6.45) is 1.29. The van der Waals surface area contributed by atoms with Crippen molar-refractivity contribution >= 4 is 46.4 Å². The number of likely N-dealkylation sites (tertiary alicyclic amines) is 1. The molecule has 1 amide bonds. The van der Waals surface area contributed by atoms with E-state index >= 15 is 0 Å². The van der Waals surface area contributed by atoms with Crippen LogP contribution in [0.25, 0.3) is 0 Å². The molecule has 2 aromatic rings. The Hall–Kier alpha value is -1.70. The van der Waals surface area contributed by atoms with E-state index in [-0.39, 0.29) is 13.0 Å². The summed E-state index contributed by atoms with van der Waals surface area (Å²) in [4.78, 5) is 13.5. The van der Waals surface area contributed by atoms with Crippen molar-refractivity contribution < 1.29 is 14.6 Å². The molecular formula is C22H26Cl3N3O3. The maximum atomic E-state index is 11.2. The predicted octanol–water partition coefficient (Wildman–Crippen LogP) is 3.99. The van der Waals surface area contributed by atoms with E-state index in [0.717, 1.165) is 31.6 Å². The summed E-state index contributed by atoms with van der Waals surface area (Å²) in [5, 5.41) is 15.5. The number of ether oxygens (including phenoxy) is 1. The van der Waals surface area contributed by atoms with Gasteiger partial charge in [0.25, 0.3) is 0 Å². The third-order valence-electron chi connectivity index (χ3n) is 5.17. The summed E-state index contributed by atoms with van der Waals surface area (Å²) in [6, 6.07) is 10.9. The number of primary amides is 1. The summed E-state index contributed by atoms with van der Waals surface area (Å²) < 4.78 is 5.74. The van der Waals surface area contributed by atoms with Crippen LogP contribution < -0.4 is 15.8 Å². The van der Waals surface area contributed by atoms with Crippen LogP contribution >= 0.6 is 34.8 Å². The number of hydrogen-bond donors (Lipinski definition) is 3. The molecule has 1 unspecified atom stereocenters. The van der Waals surface area contributed by atoms with Crippen LogP contribution in [0.2, 0.25) is 15.1 Å². The van der Waals surface area contributed by atoms with E-state index < -0.39 is 12.0 Å². The van der Waals surface area contributed by atoms with Gasteiger partial charge in [-0.2, -0.15) is 0 Å². The predicted molar refractivity (Wildman–Crippen MR) is 125 cm³/mol. The van der Waals surface area contributed by atoms with Crippen molar-refractivity contribution in [2.45, 2.75) is 31.4 Å². The number of rotatable bonds is 9. The molecule has 1 atom stereocenters. The number of carbonyl (C=O) groups is 1. The van der Waals surface area contributed by atoms with Crippen molar-refractivity contribution in [3.63, 3.8) is 0 Å². The molecule has 3 rings (SSSR count). The number of amides is 1. The Balaban J connectivity index is 1.44. The lowest BCUT2D eigenvalue weighted by Crippen LogP contribution is -2.43. The first kappa shape index (κ1) is 24.0. The number of benzene rings is 2. The second kappa shape index (κ2) is 11.2. The summed E-state index contributed by atoms with van der Waals surface area (Å²) in [5.74, 6) is 0.0138. The SMILES string of the molecule is NC(=O)Cc1ccc(Cl)cc1OCC(O)CN1CCC(Nc2ccc(Cl)c(Cl)c2)CC1. The highest BCUT2D eigenvalue weighted by Gasteiger charge is 2.21. The molecule has 168 valence electrons. The third-order valence-corrected chi connectivity index (χ3v) is 6.15. The number of aliphatic hydroxyl groups is 1. The largest absolute Gasteiger partial charge is 0.490 e. The maximum absolute atomic E-state index is 11.2. The van der Waals surface area contributed by atoms with Gasteiger partial charge in [-0.25, -0.2) is 0 Å². The van der Waals surface area contributed by atoms with Crippen LogP contribution in [0.15, 0.2) is 36.4 Å². The standard InChI is InChI=1S/C22H26Cl3N3O3/c23-15-2-1-14(9-22(26)30)21(10-15)31-13-18(29)12-28-7-5-16(6-8-28)27-17-3-4-19(24)20(25)11-17/h1-4,10-11,16,18,27,29H,5-9,12-13H2,(H2,26,30). The molecule has 9 heteroatoms. The normalized spacial score (nSPS) is 16.1. The number of nitrogens with two attached hydrogens (primary N) is 1. The highest BCUT2D eigenvalue weighted by molar-refractivity contribution is 6.42. The van der Waals surface area contributed by atoms with Crippen molar-refractivity contribution in [3.05, 3.63) is 57.0 Å². The first-order valence-electron chi connectivity index (χ1n) is 10.1. The molecule has 1 saturated heterocycles. The molecule has 1 heterocycles. The van der Waals surface area contributed by atoms with Gasteiger partial charge in [0.2, 0.25) is 5.91 Å². The van der Waals surface area contributed by atoms with Crippen molar-refractivity contribution in [3.8, 4) is 5.75 Å². The van der Waals surface area contributed by atoms with E-state index in [0.29, 0.717) is 39.0 Å².